The summed E-state index contributed by atoms with van der Waals surface area (Å²) in [7, 11) is 0. The molecule has 4 heteroatoms. The van der Waals surface area contributed by atoms with E-state index in [0.717, 1.165) is 53.7 Å². The molecule has 198 valence electrons. The SMILES string of the molecule is O=C(Oc1ccc(C#Cc2ccccc2)cc1)C1CCC(OCOc2ccc(C#Cc3ccccc3)cc2)CC1. The lowest BCUT2D eigenvalue weighted by atomic mass is 9.87. The molecule has 1 fully saturated rings. The maximum absolute atomic E-state index is 12.7. The van der Waals surface area contributed by atoms with Gasteiger partial charge in [-0.25, -0.2) is 0 Å². The molecule has 0 atom stereocenters. The first kappa shape index (κ1) is 26.8. The molecule has 0 saturated heterocycles. The third kappa shape index (κ3) is 8.11. The third-order valence-corrected chi connectivity index (χ3v) is 6.71. The number of carbonyl (C=O) groups is 1. The van der Waals surface area contributed by atoms with Crippen LogP contribution in [0.2, 0.25) is 0 Å². The minimum absolute atomic E-state index is 0.0718. The Kier molecular flexibility index (Phi) is 9.29. The van der Waals surface area contributed by atoms with Crippen LogP contribution in [0.3, 0.4) is 0 Å². The molecule has 1 aliphatic rings. The van der Waals surface area contributed by atoms with E-state index < -0.39 is 0 Å². The molecule has 0 amide bonds. The van der Waals surface area contributed by atoms with E-state index >= 15 is 0 Å². The topological polar surface area (TPSA) is 44.8 Å². The van der Waals surface area contributed by atoms with Crippen LogP contribution in [0, 0.1) is 29.6 Å². The molecule has 1 aliphatic carbocycles. The maximum Gasteiger partial charge on any atom is 0.314 e. The van der Waals surface area contributed by atoms with Crippen molar-refractivity contribution in [2.24, 2.45) is 5.92 Å². The van der Waals surface area contributed by atoms with Crippen LogP contribution in [0.1, 0.15) is 47.9 Å². The van der Waals surface area contributed by atoms with Gasteiger partial charge in [0, 0.05) is 22.3 Å². The van der Waals surface area contributed by atoms with Crippen LogP contribution in [0.4, 0.5) is 0 Å². The van der Waals surface area contributed by atoms with E-state index in [4.69, 9.17) is 14.2 Å². The van der Waals surface area contributed by atoms with Crippen LogP contribution in [-0.4, -0.2) is 18.9 Å². The van der Waals surface area contributed by atoms with Crippen LogP contribution in [0.15, 0.2) is 109 Å². The van der Waals surface area contributed by atoms with Gasteiger partial charge in [0.1, 0.15) is 11.5 Å². The lowest BCUT2D eigenvalue weighted by molar-refractivity contribution is -0.141. The number of rotatable bonds is 6. The van der Waals surface area contributed by atoms with E-state index in [1.165, 1.54) is 0 Å². The highest BCUT2D eigenvalue weighted by atomic mass is 16.7. The lowest BCUT2D eigenvalue weighted by Crippen LogP contribution is -2.29. The molecule has 5 rings (SSSR count). The highest BCUT2D eigenvalue weighted by molar-refractivity contribution is 5.75. The Balaban J connectivity index is 1.01. The summed E-state index contributed by atoms with van der Waals surface area (Å²) in [6.45, 7) is 0.175. The zero-order valence-electron chi connectivity index (χ0n) is 22.2. The van der Waals surface area contributed by atoms with Crippen LogP contribution < -0.4 is 9.47 Å². The smallest absolute Gasteiger partial charge is 0.314 e. The summed E-state index contributed by atoms with van der Waals surface area (Å²) in [5.74, 6) is 13.5. The first-order chi connectivity index (χ1) is 19.7. The standard InChI is InChI=1S/C36H30O4/c37-36(40-35-23-17-31(18-24-35)14-12-29-9-5-2-6-10-29)32-19-25-34(26-20-32)39-27-38-33-21-15-30(16-22-33)13-11-28-7-3-1-4-8-28/h1-10,15-18,21-24,32,34H,19-20,25-27H2. The lowest BCUT2D eigenvalue weighted by Gasteiger charge is -2.27. The zero-order chi connectivity index (χ0) is 27.4. The largest absolute Gasteiger partial charge is 0.468 e. The van der Waals surface area contributed by atoms with Gasteiger partial charge in [0.25, 0.3) is 0 Å². The van der Waals surface area contributed by atoms with Gasteiger partial charge >= 0.3 is 5.97 Å². The van der Waals surface area contributed by atoms with Gasteiger partial charge in [-0.3, -0.25) is 4.79 Å². The van der Waals surface area contributed by atoms with Crippen LogP contribution >= 0.6 is 0 Å². The van der Waals surface area contributed by atoms with Crippen molar-refractivity contribution in [3.63, 3.8) is 0 Å². The van der Waals surface area contributed by atoms with E-state index in [-0.39, 0.29) is 24.8 Å². The average Bonchev–Trinajstić information content (AvgIpc) is 3.02. The molecular formula is C36H30O4. The number of benzene rings is 4. The summed E-state index contributed by atoms with van der Waals surface area (Å²) in [5.41, 5.74) is 3.74. The van der Waals surface area contributed by atoms with Crippen molar-refractivity contribution < 1.29 is 19.0 Å². The molecule has 0 radical (unpaired) electrons. The number of carbonyl (C=O) groups excluding carboxylic acids is 1. The second kappa shape index (κ2) is 13.9. The Morgan fingerprint density at radius 3 is 1.52 bits per heavy atom. The summed E-state index contributed by atoms with van der Waals surface area (Å²) < 4.78 is 17.3. The normalized spacial score (nSPS) is 16.0. The molecule has 0 aromatic heterocycles. The minimum Gasteiger partial charge on any atom is -0.468 e. The fraction of sp³-hybridized carbons (Fsp3) is 0.194. The van der Waals surface area contributed by atoms with Crippen molar-refractivity contribution in [2.75, 3.05) is 6.79 Å². The number of esters is 1. The Hall–Kier alpha value is -4.77. The summed E-state index contributed by atoms with van der Waals surface area (Å²) in [6, 6.07) is 34.7. The van der Waals surface area contributed by atoms with E-state index in [1.807, 2.05) is 97.1 Å². The maximum atomic E-state index is 12.7. The molecule has 4 nitrogen and oxygen atoms in total. The summed E-state index contributed by atoms with van der Waals surface area (Å²) in [6.07, 6.45) is 3.14. The van der Waals surface area contributed by atoms with E-state index in [0.29, 0.717) is 5.75 Å². The van der Waals surface area contributed by atoms with Crippen LogP contribution in [0.25, 0.3) is 0 Å². The van der Waals surface area contributed by atoms with Crippen LogP contribution in [-0.2, 0) is 9.53 Å². The van der Waals surface area contributed by atoms with Gasteiger partial charge < -0.3 is 14.2 Å². The van der Waals surface area contributed by atoms with Gasteiger partial charge in [-0.2, -0.15) is 0 Å². The molecule has 4 aromatic rings. The summed E-state index contributed by atoms with van der Waals surface area (Å²) >= 11 is 0. The Morgan fingerprint density at radius 2 is 1.02 bits per heavy atom. The van der Waals surface area contributed by atoms with Gasteiger partial charge in [-0.15, -0.1) is 0 Å². The molecule has 0 aliphatic heterocycles. The van der Waals surface area contributed by atoms with Crippen molar-refractivity contribution >= 4 is 5.97 Å². The molecule has 1 saturated carbocycles. The second-order valence-electron chi connectivity index (χ2n) is 9.60. The monoisotopic (exact) mass is 526 g/mol. The minimum atomic E-state index is -0.187. The number of hydrogen-bond acceptors (Lipinski definition) is 4. The quantitative estimate of drug-likeness (QED) is 0.117. The first-order valence-corrected chi connectivity index (χ1v) is 13.5. The van der Waals surface area contributed by atoms with Gasteiger partial charge in [-0.1, -0.05) is 60.1 Å². The average molecular weight is 527 g/mol. The second-order valence-corrected chi connectivity index (χ2v) is 9.60. The van der Waals surface area contributed by atoms with Crippen LogP contribution in [0.5, 0.6) is 11.5 Å². The van der Waals surface area contributed by atoms with Crippen molar-refractivity contribution in [3.8, 4) is 35.2 Å². The highest BCUT2D eigenvalue weighted by Gasteiger charge is 2.28. The molecule has 40 heavy (non-hydrogen) atoms. The third-order valence-electron chi connectivity index (χ3n) is 6.71. The van der Waals surface area contributed by atoms with Crippen molar-refractivity contribution in [3.05, 3.63) is 131 Å². The highest BCUT2D eigenvalue weighted by Crippen LogP contribution is 2.28. The summed E-state index contributed by atoms with van der Waals surface area (Å²) in [5, 5.41) is 0. The van der Waals surface area contributed by atoms with Gasteiger partial charge in [0.15, 0.2) is 6.79 Å². The van der Waals surface area contributed by atoms with Crippen molar-refractivity contribution in [1.29, 1.82) is 0 Å². The Labute approximate surface area is 235 Å². The molecule has 0 bridgehead atoms. The predicted molar refractivity (Wildman–Crippen MR) is 156 cm³/mol. The predicted octanol–water partition coefficient (Wildman–Crippen LogP) is 7.00. The molecular weight excluding hydrogens is 496 g/mol. The fourth-order valence-electron chi connectivity index (χ4n) is 4.44. The molecule has 0 spiro atoms. The molecule has 0 heterocycles. The van der Waals surface area contributed by atoms with E-state index in [1.54, 1.807) is 12.1 Å². The molecule has 0 N–H and O–H groups in total. The fourth-order valence-corrected chi connectivity index (χ4v) is 4.44. The zero-order valence-corrected chi connectivity index (χ0v) is 22.2. The van der Waals surface area contributed by atoms with Gasteiger partial charge in [0.2, 0.25) is 0 Å². The molecule has 0 unspecified atom stereocenters. The Bertz CT molecular complexity index is 1500. The van der Waals surface area contributed by atoms with E-state index in [9.17, 15) is 4.79 Å². The molecule has 4 aromatic carbocycles. The first-order valence-electron chi connectivity index (χ1n) is 13.5. The van der Waals surface area contributed by atoms with Crippen molar-refractivity contribution in [1.82, 2.24) is 0 Å². The van der Waals surface area contributed by atoms with Gasteiger partial charge in [0.05, 0.1) is 12.0 Å². The summed E-state index contributed by atoms with van der Waals surface area (Å²) in [4.78, 5) is 12.7. The number of hydrogen-bond donors (Lipinski definition) is 0. The van der Waals surface area contributed by atoms with Gasteiger partial charge in [-0.05, 0) is 98.5 Å². The van der Waals surface area contributed by atoms with E-state index in [2.05, 4.69) is 23.7 Å². The Morgan fingerprint density at radius 1 is 0.575 bits per heavy atom. The van der Waals surface area contributed by atoms with Crippen molar-refractivity contribution in [2.45, 2.75) is 31.8 Å². The number of ether oxygens (including phenoxy) is 3.